The number of likely N-dealkylation sites (tertiary alicyclic amines) is 1. The molecule has 2 bridgehead atoms. The number of esters is 1. The number of aromatic hydroxyl groups is 1. The number of ether oxygens (including phenoxy) is 2. The standard InChI is InChI=1S/C28H39N3O5/c1-15(32)30-20-12-22(33)25-24-17(20)11-21-18-7-8-19(29-13-23(34)36-27(2,3)4)26(35-25)28(18,24)9-10-31(21)14-16-5-6-16/h12,16,18-19,21,26,29,33H,5-11,13-14H2,1-4H3,(H,30,32)/t18-,19+,21+,26-,28-/m0/s1. The fourth-order valence-electron chi connectivity index (χ4n) is 7.67. The molecule has 2 heterocycles. The van der Waals surface area contributed by atoms with Crippen molar-refractivity contribution >= 4 is 17.6 Å². The average molecular weight is 498 g/mol. The molecule has 3 N–H and O–H groups in total. The Kier molecular flexibility index (Phi) is 5.58. The number of rotatable bonds is 6. The average Bonchev–Trinajstić information content (AvgIpc) is 3.53. The van der Waals surface area contributed by atoms with Crippen molar-refractivity contribution < 1.29 is 24.2 Å². The van der Waals surface area contributed by atoms with Crippen LogP contribution < -0.4 is 15.4 Å². The molecular formula is C28H39N3O5. The SMILES string of the molecule is CC(=O)Nc1cc(O)c2c3c1C[C@@H]1[C@@H]4CC[C@@H](NCC(=O)OC(C)(C)C)[C@H](O2)[C@]34CCN1CC1CC1. The monoisotopic (exact) mass is 497 g/mol. The lowest BCUT2D eigenvalue weighted by molar-refractivity contribution is -0.154. The van der Waals surface area contributed by atoms with Gasteiger partial charge in [0.05, 0.1) is 6.54 Å². The van der Waals surface area contributed by atoms with E-state index in [2.05, 4.69) is 15.5 Å². The summed E-state index contributed by atoms with van der Waals surface area (Å²) in [6.45, 7) is 9.43. The molecule has 2 aliphatic heterocycles. The highest BCUT2D eigenvalue weighted by Gasteiger charge is 2.66. The number of anilines is 1. The van der Waals surface area contributed by atoms with Crippen LogP contribution in [0.5, 0.6) is 11.5 Å². The van der Waals surface area contributed by atoms with Gasteiger partial charge in [0, 0.05) is 48.3 Å². The fourth-order valence-corrected chi connectivity index (χ4v) is 7.67. The van der Waals surface area contributed by atoms with E-state index in [1.807, 2.05) is 20.8 Å². The van der Waals surface area contributed by atoms with Gasteiger partial charge < -0.3 is 25.2 Å². The van der Waals surface area contributed by atoms with Crippen LogP contribution in [0.2, 0.25) is 0 Å². The Morgan fingerprint density at radius 1 is 1.25 bits per heavy atom. The molecule has 1 amide bonds. The van der Waals surface area contributed by atoms with Gasteiger partial charge in [0.25, 0.3) is 0 Å². The van der Waals surface area contributed by atoms with Gasteiger partial charge in [0.1, 0.15) is 11.7 Å². The Morgan fingerprint density at radius 2 is 2.03 bits per heavy atom. The van der Waals surface area contributed by atoms with Gasteiger partial charge in [0.2, 0.25) is 5.91 Å². The van der Waals surface area contributed by atoms with Crippen molar-refractivity contribution in [3.8, 4) is 11.5 Å². The lowest BCUT2D eigenvalue weighted by Gasteiger charge is -2.60. The van der Waals surface area contributed by atoms with E-state index in [1.54, 1.807) is 6.07 Å². The van der Waals surface area contributed by atoms with Crippen LogP contribution in [0.4, 0.5) is 5.69 Å². The molecule has 5 atom stereocenters. The van der Waals surface area contributed by atoms with Crippen LogP contribution in [0.1, 0.15) is 70.9 Å². The van der Waals surface area contributed by atoms with Gasteiger partial charge in [-0.3, -0.25) is 14.5 Å². The van der Waals surface area contributed by atoms with Gasteiger partial charge in [-0.2, -0.15) is 0 Å². The summed E-state index contributed by atoms with van der Waals surface area (Å²) in [5, 5.41) is 17.5. The molecule has 1 saturated heterocycles. The minimum atomic E-state index is -0.527. The zero-order valence-corrected chi connectivity index (χ0v) is 21.9. The predicted octanol–water partition coefficient (Wildman–Crippen LogP) is 3.10. The lowest BCUT2D eigenvalue weighted by atomic mass is 9.51. The number of nitrogens with one attached hydrogen (secondary N) is 2. The zero-order chi connectivity index (χ0) is 25.4. The van der Waals surface area contributed by atoms with E-state index >= 15 is 0 Å². The van der Waals surface area contributed by atoms with Crippen LogP contribution in [-0.2, 0) is 26.2 Å². The first-order valence-electron chi connectivity index (χ1n) is 13.6. The number of benzene rings is 1. The van der Waals surface area contributed by atoms with Gasteiger partial charge in [-0.15, -0.1) is 0 Å². The first-order chi connectivity index (χ1) is 17.1. The number of phenols is 1. The van der Waals surface area contributed by atoms with Gasteiger partial charge in [-0.1, -0.05) is 0 Å². The second-order valence-corrected chi connectivity index (χ2v) is 12.6. The summed E-state index contributed by atoms with van der Waals surface area (Å²) in [6.07, 6.45) is 6.26. The second kappa shape index (κ2) is 8.35. The lowest BCUT2D eigenvalue weighted by Crippen LogP contribution is -2.68. The summed E-state index contributed by atoms with van der Waals surface area (Å²) in [4.78, 5) is 27.3. The molecule has 8 heteroatoms. The van der Waals surface area contributed by atoms with Crippen LogP contribution in [0.3, 0.4) is 0 Å². The van der Waals surface area contributed by atoms with Crippen molar-refractivity contribution in [1.82, 2.24) is 10.2 Å². The molecule has 8 nitrogen and oxygen atoms in total. The molecule has 196 valence electrons. The number of hydrogen-bond donors (Lipinski definition) is 3. The molecule has 1 spiro atoms. The third-order valence-electron chi connectivity index (χ3n) is 8.99. The number of hydrogen-bond acceptors (Lipinski definition) is 7. The second-order valence-electron chi connectivity index (χ2n) is 12.6. The number of piperidine rings is 1. The molecule has 0 aromatic heterocycles. The van der Waals surface area contributed by atoms with E-state index < -0.39 is 5.60 Å². The van der Waals surface area contributed by atoms with E-state index in [4.69, 9.17) is 9.47 Å². The topological polar surface area (TPSA) is 100 Å². The van der Waals surface area contributed by atoms with Crippen molar-refractivity contribution in [2.24, 2.45) is 11.8 Å². The number of amides is 1. The third-order valence-corrected chi connectivity index (χ3v) is 8.99. The van der Waals surface area contributed by atoms with Crippen molar-refractivity contribution in [1.29, 1.82) is 0 Å². The van der Waals surface area contributed by atoms with E-state index in [-0.39, 0.29) is 41.7 Å². The van der Waals surface area contributed by atoms with Crippen molar-refractivity contribution in [3.05, 3.63) is 17.2 Å². The number of phenolic OH excluding ortho intramolecular Hbond substituents is 1. The highest BCUT2D eigenvalue weighted by Crippen LogP contribution is 2.65. The van der Waals surface area contributed by atoms with Gasteiger partial charge in [-0.05, 0) is 83.2 Å². The highest BCUT2D eigenvalue weighted by atomic mass is 16.6. The summed E-state index contributed by atoms with van der Waals surface area (Å²) in [6, 6.07) is 2.03. The van der Waals surface area contributed by atoms with Gasteiger partial charge in [-0.25, -0.2) is 0 Å². The maximum absolute atomic E-state index is 12.5. The summed E-state index contributed by atoms with van der Waals surface area (Å²) in [5.41, 5.74) is 2.18. The van der Waals surface area contributed by atoms with E-state index in [0.29, 0.717) is 23.4 Å². The molecule has 0 radical (unpaired) electrons. The predicted molar refractivity (Wildman–Crippen MR) is 135 cm³/mol. The van der Waals surface area contributed by atoms with Crippen LogP contribution in [0, 0.1) is 11.8 Å². The minimum absolute atomic E-state index is 0.0219. The molecule has 1 aromatic rings. The molecule has 36 heavy (non-hydrogen) atoms. The molecule has 6 rings (SSSR count). The molecule has 5 aliphatic rings. The maximum atomic E-state index is 12.5. The molecule has 2 saturated carbocycles. The molecule has 1 aromatic carbocycles. The number of carbonyl (C=O) groups excluding carboxylic acids is 2. The number of nitrogens with zero attached hydrogens (tertiary/aromatic N) is 1. The van der Waals surface area contributed by atoms with Crippen LogP contribution >= 0.6 is 0 Å². The van der Waals surface area contributed by atoms with Crippen LogP contribution in [0.15, 0.2) is 6.07 Å². The van der Waals surface area contributed by atoms with Gasteiger partial charge in [0.15, 0.2) is 11.5 Å². The van der Waals surface area contributed by atoms with Crippen molar-refractivity contribution in [3.63, 3.8) is 0 Å². The van der Waals surface area contributed by atoms with Crippen LogP contribution in [0.25, 0.3) is 0 Å². The number of carbonyl (C=O) groups is 2. The van der Waals surface area contributed by atoms with E-state index in [0.717, 1.165) is 55.8 Å². The van der Waals surface area contributed by atoms with Crippen molar-refractivity contribution in [2.45, 2.75) is 95.4 Å². The fraction of sp³-hybridized carbons (Fsp3) is 0.714. The third kappa shape index (κ3) is 3.88. The van der Waals surface area contributed by atoms with Gasteiger partial charge >= 0.3 is 5.97 Å². The van der Waals surface area contributed by atoms with Crippen molar-refractivity contribution in [2.75, 3.05) is 25.0 Å². The molecule has 3 fully saturated rings. The molecule has 0 unspecified atom stereocenters. The summed E-state index contributed by atoms with van der Waals surface area (Å²) < 4.78 is 12.2. The minimum Gasteiger partial charge on any atom is -0.504 e. The first kappa shape index (κ1) is 24.0. The Hall–Kier alpha value is -2.32. The highest BCUT2D eigenvalue weighted by molar-refractivity contribution is 5.91. The normalized spacial score (nSPS) is 32.4. The first-order valence-corrected chi connectivity index (χ1v) is 13.6. The maximum Gasteiger partial charge on any atom is 0.320 e. The summed E-state index contributed by atoms with van der Waals surface area (Å²) in [7, 11) is 0. The Balaban J connectivity index is 1.37. The molecular weight excluding hydrogens is 458 g/mol. The quantitative estimate of drug-likeness (QED) is 0.520. The molecule has 3 aliphatic carbocycles. The largest absolute Gasteiger partial charge is 0.504 e. The zero-order valence-electron chi connectivity index (χ0n) is 21.9. The Labute approximate surface area is 213 Å². The van der Waals surface area contributed by atoms with Crippen LogP contribution in [-0.4, -0.2) is 65.3 Å². The summed E-state index contributed by atoms with van der Waals surface area (Å²) in [5.74, 6) is 1.50. The van der Waals surface area contributed by atoms with E-state index in [1.165, 1.54) is 19.8 Å². The Morgan fingerprint density at radius 3 is 2.72 bits per heavy atom. The summed E-state index contributed by atoms with van der Waals surface area (Å²) >= 11 is 0. The van der Waals surface area contributed by atoms with E-state index in [9.17, 15) is 14.7 Å². The Bertz CT molecular complexity index is 1090. The smallest absolute Gasteiger partial charge is 0.320 e.